The minimum Gasteiger partial charge on any atom is -0.355 e. The Morgan fingerprint density at radius 1 is 1.00 bits per heavy atom. The number of nitrogens with one attached hydrogen (secondary N) is 1. The molecule has 0 spiro atoms. The molecule has 2 amide bonds. The summed E-state index contributed by atoms with van der Waals surface area (Å²) in [4.78, 5) is 28.1. The fourth-order valence-electron chi connectivity index (χ4n) is 3.94. The highest BCUT2D eigenvalue weighted by Crippen LogP contribution is 2.29. The number of carbonyl (C=O) groups excluding carboxylic acids is 2. The molecule has 0 aliphatic rings. The smallest absolute Gasteiger partial charge is 0.264 e. The third-order valence-corrected chi connectivity index (χ3v) is 8.64. The maximum atomic E-state index is 13.9. The van der Waals surface area contributed by atoms with Crippen molar-refractivity contribution in [3.8, 4) is 0 Å². The first-order valence-electron chi connectivity index (χ1n) is 12.1. The summed E-state index contributed by atoms with van der Waals surface area (Å²) in [5.74, 6) is -0.842. The quantitative estimate of drug-likeness (QED) is 0.326. The van der Waals surface area contributed by atoms with Gasteiger partial charge in [0.15, 0.2) is 0 Å². The Kier molecular flexibility index (Phi) is 9.98. The van der Waals surface area contributed by atoms with Crippen LogP contribution in [-0.4, -0.2) is 44.3 Å². The molecule has 38 heavy (non-hydrogen) atoms. The standard InChI is InChI=1S/C28H31BrClN3O4S/c1-5-31-28(35)21(4)32(17-22-8-10-23(29)11-9-22)27(34)18-33(26-15-12-24(30)16-20(26)3)38(36,37)25-13-6-19(2)7-14-25/h6-16,21H,5,17-18H2,1-4H3,(H,31,35)/t21-/m0/s1. The van der Waals surface area contributed by atoms with Gasteiger partial charge in [0, 0.05) is 22.6 Å². The molecule has 0 heterocycles. The van der Waals surface area contributed by atoms with Crippen molar-refractivity contribution in [1.29, 1.82) is 0 Å². The third-order valence-electron chi connectivity index (χ3n) is 6.10. The lowest BCUT2D eigenvalue weighted by Crippen LogP contribution is -2.51. The average Bonchev–Trinajstić information content (AvgIpc) is 2.87. The average molecular weight is 621 g/mol. The second-order valence-corrected chi connectivity index (χ2v) is 12.2. The number of hydrogen-bond donors (Lipinski definition) is 1. The Bertz CT molecular complexity index is 1400. The first-order chi connectivity index (χ1) is 17.9. The van der Waals surface area contributed by atoms with Gasteiger partial charge in [-0.25, -0.2) is 8.42 Å². The van der Waals surface area contributed by atoms with E-state index in [0.717, 1.165) is 19.9 Å². The second-order valence-electron chi connectivity index (χ2n) is 8.97. The van der Waals surface area contributed by atoms with Crippen molar-refractivity contribution in [2.45, 2.75) is 45.2 Å². The van der Waals surface area contributed by atoms with Gasteiger partial charge in [0.25, 0.3) is 10.0 Å². The Morgan fingerprint density at radius 2 is 1.63 bits per heavy atom. The fourth-order valence-corrected chi connectivity index (χ4v) is 5.91. The summed E-state index contributed by atoms with van der Waals surface area (Å²) in [7, 11) is -4.13. The number of nitrogens with zero attached hydrogens (tertiary/aromatic N) is 2. The zero-order chi connectivity index (χ0) is 28.0. The zero-order valence-corrected chi connectivity index (χ0v) is 24.9. The minimum atomic E-state index is -4.13. The van der Waals surface area contributed by atoms with Crippen LogP contribution in [0.3, 0.4) is 0 Å². The molecule has 3 rings (SSSR count). The van der Waals surface area contributed by atoms with Gasteiger partial charge in [0.1, 0.15) is 12.6 Å². The van der Waals surface area contributed by atoms with Gasteiger partial charge in [0.05, 0.1) is 10.6 Å². The van der Waals surface area contributed by atoms with Gasteiger partial charge in [-0.15, -0.1) is 0 Å². The number of sulfonamides is 1. The van der Waals surface area contributed by atoms with Crippen LogP contribution in [-0.2, 0) is 26.2 Å². The van der Waals surface area contributed by atoms with Crippen molar-refractivity contribution in [3.63, 3.8) is 0 Å². The second kappa shape index (κ2) is 12.8. The Hall–Kier alpha value is -2.88. The van der Waals surface area contributed by atoms with Crippen LogP contribution < -0.4 is 9.62 Å². The van der Waals surface area contributed by atoms with Crippen molar-refractivity contribution in [1.82, 2.24) is 10.2 Å². The number of anilines is 1. The molecular weight excluding hydrogens is 590 g/mol. The summed E-state index contributed by atoms with van der Waals surface area (Å²) >= 11 is 9.55. The Labute approximate surface area is 238 Å². The summed E-state index contributed by atoms with van der Waals surface area (Å²) in [5, 5.41) is 3.20. The molecule has 10 heteroatoms. The maximum Gasteiger partial charge on any atom is 0.264 e. The molecule has 0 aliphatic carbocycles. The molecule has 0 saturated heterocycles. The molecule has 1 N–H and O–H groups in total. The predicted octanol–water partition coefficient (Wildman–Crippen LogP) is 5.47. The van der Waals surface area contributed by atoms with E-state index in [1.54, 1.807) is 51.1 Å². The number of halogens is 2. The molecule has 0 aromatic heterocycles. The van der Waals surface area contributed by atoms with E-state index in [4.69, 9.17) is 11.6 Å². The molecule has 0 aliphatic heterocycles. The SMILES string of the molecule is CCNC(=O)[C@H](C)N(Cc1ccc(Br)cc1)C(=O)CN(c1ccc(Cl)cc1C)S(=O)(=O)c1ccc(C)cc1. The van der Waals surface area contributed by atoms with Gasteiger partial charge in [-0.1, -0.05) is 57.4 Å². The van der Waals surface area contributed by atoms with Crippen LogP contribution in [0.2, 0.25) is 5.02 Å². The number of benzene rings is 3. The van der Waals surface area contributed by atoms with Gasteiger partial charge in [-0.2, -0.15) is 0 Å². The molecule has 3 aromatic rings. The number of carbonyl (C=O) groups is 2. The van der Waals surface area contributed by atoms with Crippen LogP contribution in [0, 0.1) is 13.8 Å². The van der Waals surface area contributed by atoms with Crippen LogP contribution in [0.15, 0.2) is 76.1 Å². The fraction of sp³-hybridized carbons (Fsp3) is 0.286. The van der Waals surface area contributed by atoms with Gasteiger partial charge >= 0.3 is 0 Å². The number of aryl methyl sites for hydroxylation is 2. The summed E-state index contributed by atoms with van der Waals surface area (Å²) in [6.45, 7) is 7.06. The summed E-state index contributed by atoms with van der Waals surface area (Å²) < 4.78 is 29.7. The zero-order valence-electron chi connectivity index (χ0n) is 21.7. The van der Waals surface area contributed by atoms with Gasteiger partial charge in [0.2, 0.25) is 11.8 Å². The molecule has 202 valence electrons. The van der Waals surface area contributed by atoms with Crippen LogP contribution in [0.1, 0.15) is 30.5 Å². The lowest BCUT2D eigenvalue weighted by molar-refractivity contribution is -0.139. The van der Waals surface area contributed by atoms with E-state index >= 15 is 0 Å². The number of hydrogen-bond acceptors (Lipinski definition) is 4. The van der Waals surface area contributed by atoms with Crippen LogP contribution in [0.25, 0.3) is 0 Å². The highest BCUT2D eigenvalue weighted by atomic mass is 79.9. The van der Waals surface area contributed by atoms with Crippen LogP contribution >= 0.6 is 27.5 Å². The third kappa shape index (κ3) is 7.15. The molecule has 7 nitrogen and oxygen atoms in total. The summed E-state index contributed by atoms with van der Waals surface area (Å²) in [6.07, 6.45) is 0. The summed E-state index contributed by atoms with van der Waals surface area (Å²) in [6, 6.07) is 17.8. The number of amides is 2. The molecule has 0 unspecified atom stereocenters. The lowest BCUT2D eigenvalue weighted by Gasteiger charge is -2.32. The van der Waals surface area contributed by atoms with Crippen molar-refractivity contribution >= 4 is 55.1 Å². The van der Waals surface area contributed by atoms with E-state index in [1.165, 1.54) is 17.0 Å². The van der Waals surface area contributed by atoms with Crippen LogP contribution in [0.4, 0.5) is 5.69 Å². The van der Waals surface area contributed by atoms with Crippen LogP contribution in [0.5, 0.6) is 0 Å². The first-order valence-corrected chi connectivity index (χ1v) is 14.7. The largest absolute Gasteiger partial charge is 0.355 e. The van der Waals surface area contributed by atoms with Crippen molar-refractivity contribution in [2.75, 3.05) is 17.4 Å². The minimum absolute atomic E-state index is 0.0569. The summed E-state index contributed by atoms with van der Waals surface area (Å²) in [5.41, 5.74) is 2.63. The molecule has 3 aromatic carbocycles. The van der Waals surface area contributed by atoms with Gasteiger partial charge in [-0.05, 0) is 81.3 Å². The van der Waals surface area contributed by atoms with E-state index in [9.17, 15) is 18.0 Å². The Morgan fingerprint density at radius 3 is 2.21 bits per heavy atom. The molecular formula is C28H31BrClN3O4S. The van der Waals surface area contributed by atoms with E-state index < -0.39 is 28.5 Å². The highest BCUT2D eigenvalue weighted by molar-refractivity contribution is 9.10. The van der Waals surface area contributed by atoms with Gasteiger partial charge in [-0.3, -0.25) is 13.9 Å². The number of likely N-dealkylation sites (N-methyl/N-ethyl adjacent to an activating group) is 1. The maximum absolute atomic E-state index is 13.9. The first kappa shape index (κ1) is 29.7. The van der Waals surface area contributed by atoms with Gasteiger partial charge < -0.3 is 10.2 Å². The molecule has 1 atom stereocenters. The molecule has 0 radical (unpaired) electrons. The topological polar surface area (TPSA) is 86.8 Å². The van der Waals surface area contributed by atoms with Crippen molar-refractivity contribution in [2.24, 2.45) is 0 Å². The van der Waals surface area contributed by atoms with E-state index in [2.05, 4.69) is 21.2 Å². The molecule has 0 bridgehead atoms. The van der Waals surface area contributed by atoms with Crippen molar-refractivity contribution in [3.05, 3.63) is 92.9 Å². The predicted molar refractivity (Wildman–Crippen MR) is 155 cm³/mol. The molecule has 0 fully saturated rings. The van der Waals surface area contributed by atoms with E-state index in [-0.39, 0.29) is 17.3 Å². The van der Waals surface area contributed by atoms with E-state index in [1.807, 2.05) is 31.2 Å². The normalized spacial score (nSPS) is 12.1. The lowest BCUT2D eigenvalue weighted by atomic mass is 10.1. The monoisotopic (exact) mass is 619 g/mol. The highest BCUT2D eigenvalue weighted by Gasteiger charge is 2.33. The Balaban J connectivity index is 2.06. The van der Waals surface area contributed by atoms with E-state index in [0.29, 0.717) is 22.8 Å². The number of rotatable bonds is 10. The van der Waals surface area contributed by atoms with Crippen molar-refractivity contribution < 1.29 is 18.0 Å². The molecule has 0 saturated carbocycles.